The van der Waals surface area contributed by atoms with Crippen LogP contribution in [0.3, 0.4) is 0 Å². The number of carbonyl (C=O) groups is 1. The van der Waals surface area contributed by atoms with Crippen LogP contribution in [-0.2, 0) is 17.8 Å². The molecule has 0 saturated carbocycles. The molecule has 154 valence electrons. The summed E-state index contributed by atoms with van der Waals surface area (Å²) in [4.78, 5) is 32.0. The molecule has 8 heteroatoms. The van der Waals surface area contributed by atoms with E-state index in [0.29, 0.717) is 30.8 Å². The molecule has 0 radical (unpaired) electrons. The van der Waals surface area contributed by atoms with Crippen molar-refractivity contribution in [2.45, 2.75) is 20.0 Å². The Kier molecular flexibility index (Phi) is 5.49. The number of nitrogens with zero attached hydrogens (tertiary/aromatic N) is 3. The first-order valence-electron chi connectivity index (χ1n) is 9.66. The molecular weight excluding hydrogens is 382 g/mol. The highest BCUT2D eigenvalue weighted by molar-refractivity contribution is 5.97. The van der Waals surface area contributed by atoms with Crippen molar-refractivity contribution >= 4 is 16.9 Å². The highest BCUT2D eigenvalue weighted by Gasteiger charge is 2.12. The van der Waals surface area contributed by atoms with Crippen molar-refractivity contribution in [1.82, 2.24) is 24.4 Å². The highest BCUT2D eigenvalue weighted by atomic mass is 16.5. The van der Waals surface area contributed by atoms with E-state index in [0.717, 1.165) is 22.6 Å². The van der Waals surface area contributed by atoms with Crippen molar-refractivity contribution in [3.05, 3.63) is 82.3 Å². The van der Waals surface area contributed by atoms with Crippen LogP contribution in [0.1, 0.15) is 21.7 Å². The number of rotatable bonds is 7. The molecule has 30 heavy (non-hydrogen) atoms. The number of carbonyl (C=O) groups excluding carboxylic acids is 1. The Morgan fingerprint density at radius 1 is 1.23 bits per heavy atom. The standard InChI is InChI=1S/C22H23N5O3/c1-15-23-9-10-26(15)19-6-4-3-5-17(19)14-24-21(28)16-7-8-20-18(13-16)25-22(29)27(20)11-12-30-2/h3-10,13H,11-12,14H2,1-2H3,(H,24,28)(H,25,29). The van der Waals surface area contributed by atoms with Crippen molar-refractivity contribution in [3.63, 3.8) is 0 Å². The van der Waals surface area contributed by atoms with E-state index >= 15 is 0 Å². The Balaban J connectivity index is 1.53. The van der Waals surface area contributed by atoms with Gasteiger partial charge < -0.3 is 19.6 Å². The van der Waals surface area contributed by atoms with Gasteiger partial charge in [0, 0.05) is 31.6 Å². The van der Waals surface area contributed by atoms with Gasteiger partial charge in [0.1, 0.15) is 5.82 Å². The normalized spacial score (nSPS) is 11.1. The van der Waals surface area contributed by atoms with Gasteiger partial charge in [-0.15, -0.1) is 0 Å². The summed E-state index contributed by atoms with van der Waals surface area (Å²) >= 11 is 0. The minimum atomic E-state index is -0.218. The zero-order chi connectivity index (χ0) is 21.1. The molecule has 0 aliphatic heterocycles. The van der Waals surface area contributed by atoms with Crippen LogP contribution >= 0.6 is 0 Å². The fourth-order valence-electron chi connectivity index (χ4n) is 3.51. The summed E-state index contributed by atoms with van der Waals surface area (Å²) in [6, 6.07) is 13.1. The van der Waals surface area contributed by atoms with Gasteiger partial charge in [-0.1, -0.05) is 18.2 Å². The third-order valence-corrected chi connectivity index (χ3v) is 5.07. The molecule has 0 aliphatic rings. The van der Waals surface area contributed by atoms with Crippen LogP contribution < -0.4 is 11.0 Å². The van der Waals surface area contributed by atoms with E-state index < -0.39 is 0 Å². The summed E-state index contributed by atoms with van der Waals surface area (Å²) in [7, 11) is 1.59. The predicted octanol–water partition coefficient (Wildman–Crippen LogP) is 2.40. The molecule has 0 saturated heterocycles. The van der Waals surface area contributed by atoms with Gasteiger partial charge in [0.2, 0.25) is 0 Å². The number of aromatic amines is 1. The Morgan fingerprint density at radius 2 is 2.07 bits per heavy atom. The number of hydrogen-bond donors (Lipinski definition) is 2. The lowest BCUT2D eigenvalue weighted by Crippen LogP contribution is -2.23. The van der Waals surface area contributed by atoms with Crippen LogP contribution in [-0.4, -0.2) is 38.7 Å². The van der Waals surface area contributed by atoms with Crippen LogP contribution in [0.5, 0.6) is 0 Å². The van der Waals surface area contributed by atoms with Crippen LogP contribution in [0, 0.1) is 6.92 Å². The lowest BCUT2D eigenvalue weighted by molar-refractivity contribution is 0.0951. The van der Waals surface area contributed by atoms with Crippen LogP contribution in [0.25, 0.3) is 16.7 Å². The lowest BCUT2D eigenvalue weighted by Gasteiger charge is -2.13. The maximum atomic E-state index is 12.7. The Morgan fingerprint density at radius 3 is 2.83 bits per heavy atom. The minimum absolute atomic E-state index is 0.209. The summed E-state index contributed by atoms with van der Waals surface area (Å²) in [6.45, 7) is 3.19. The molecule has 2 N–H and O–H groups in total. The number of aromatic nitrogens is 4. The number of ether oxygens (including phenoxy) is 1. The monoisotopic (exact) mass is 405 g/mol. The van der Waals surface area contributed by atoms with Crippen molar-refractivity contribution < 1.29 is 9.53 Å². The zero-order valence-corrected chi connectivity index (χ0v) is 16.9. The second-order valence-corrected chi connectivity index (χ2v) is 6.96. The SMILES string of the molecule is COCCn1c(=O)[nH]c2cc(C(=O)NCc3ccccc3-n3ccnc3C)ccc21. The van der Waals surface area contributed by atoms with E-state index in [1.54, 1.807) is 36.1 Å². The molecule has 0 atom stereocenters. The van der Waals surface area contributed by atoms with E-state index in [9.17, 15) is 9.59 Å². The van der Waals surface area contributed by atoms with E-state index in [2.05, 4.69) is 15.3 Å². The molecule has 2 heterocycles. The second-order valence-electron chi connectivity index (χ2n) is 6.96. The van der Waals surface area contributed by atoms with Gasteiger partial charge in [-0.2, -0.15) is 0 Å². The molecule has 4 aromatic rings. The zero-order valence-electron chi connectivity index (χ0n) is 16.9. The maximum absolute atomic E-state index is 12.7. The first-order valence-corrected chi connectivity index (χ1v) is 9.66. The number of amides is 1. The predicted molar refractivity (Wildman–Crippen MR) is 114 cm³/mol. The number of hydrogen-bond acceptors (Lipinski definition) is 4. The fourth-order valence-corrected chi connectivity index (χ4v) is 3.51. The number of benzene rings is 2. The average molecular weight is 405 g/mol. The highest BCUT2D eigenvalue weighted by Crippen LogP contribution is 2.17. The van der Waals surface area contributed by atoms with Gasteiger partial charge in [-0.3, -0.25) is 9.36 Å². The number of methoxy groups -OCH3 is 1. The largest absolute Gasteiger partial charge is 0.383 e. The quantitative estimate of drug-likeness (QED) is 0.494. The van der Waals surface area contributed by atoms with Crippen LogP contribution in [0.2, 0.25) is 0 Å². The van der Waals surface area contributed by atoms with Crippen molar-refractivity contribution in [2.24, 2.45) is 0 Å². The van der Waals surface area contributed by atoms with Gasteiger partial charge in [0.15, 0.2) is 0 Å². The molecular formula is C22H23N5O3. The van der Waals surface area contributed by atoms with Gasteiger partial charge in [0.05, 0.1) is 29.9 Å². The van der Waals surface area contributed by atoms with Crippen molar-refractivity contribution in [2.75, 3.05) is 13.7 Å². The number of H-pyrrole nitrogens is 1. The molecule has 2 aromatic carbocycles. The summed E-state index contributed by atoms with van der Waals surface area (Å²) < 4.78 is 8.64. The molecule has 2 aromatic heterocycles. The average Bonchev–Trinajstić information content (AvgIpc) is 3.32. The molecule has 8 nitrogen and oxygen atoms in total. The maximum Gasteiger partial charge on any atom is 0.326 e. The van der Waals surface area contributed by atoms with Crippen molar-refractivity contribution in [3.8, 4) is 5.69 Å². The smallest absolute Gasteiger partial charge is 0.326 e. The fraction of sp³-hybridized carbons (Fsp3) is 0.227. The summed E-state index contributed by atoms with van der Waals surface area (Å²) in [5, 5.41) is 2.97. The van der Waals surface area contributed by atoms with E-state index in [-0.39, 0.29) is 11.6 Å². The van der Waals surface area contributed by atoms with E-state index in [4.69, 9.17) is 4.74 Å². The number of imidazole rings is 2. The first kappa shape index (κ1) is 19.7. The Labute approximate surface area is 173 Å². The van der Waals surface area contributed by atoms with Crippen LogP contribution in [0.4, 0.5) is 0 Å². The Hall–Kier alpha value is -3.65. The molecule has 1 amide bonds. The Bertz CT molecular complexity index is 1250. The number of fused-ring (bicyclic) bond motifs is 1. The molecule has 0 aliphatic carbocycles. The lowest BCUT2D eigenvalue weighted by atomic mass is 10.1. The van der Waals surface area contributed by atoms with Gasteiger partial charge in [-0.05, 0) is 36.8 Å². The van der Waals surface area contributed by atoms with Gasteiger partial charge in [0.25, 0.3) is 5.91 Å². The summed E-state index contributed by atoms with van der Waals surface area (Å²) in [5.41, 5.74) is 3.59. The third kappa shape index (κ3) is 3.77. The molecule has 0 fully saturated rings. The molecule has 0 spiro atoms. The summed E-state index contributed by atoms with van der Waals surface area (Å²) in [6.07, 6.45) is 3.65. The first-order chi connectivity index (χ1) is 14.6. The van der Waals surface area contributed by atoms with Gasteiger partial charge >= 0.3 is 5.69 Å². The van der Waals surface area contributed by atoms with Crippen LogP contribution in [0.15, 0.2) is 59.7 Å². The number of aryl methyl sites for hydroxylation is 1. The number of para-hydroxylation sites is 1. The molecule has 4 rings (SSSR count). The minimum Gasteiger partial charge on any atom is -0.383 e. The second kappa shape index (κ2) is 8.38. The topological polar surface area (TPSA) is 93.9 Å². The van der Waals surface area contributed by atoms with Crippen molar-refractivity contribution in [1.29, 1.82) is 0 Å². The van der Waals surface area contributed by atoms with E-state index in [1.165, 1.54) is 0 Å². The number of nitrogens with one attached hydrogen (secondary N) is 2. The van der Waals surface area contributed by atoms with Gasteiger partial charge in [-0.25, -0.2) is 9.78 Å². The summed E-state index contributed by atoms with van der Waals surface area (Å²) in [5.74, 6) is 0.667. The third-order valence-electron chi connectivity index (χ3n) is 5.07. The van der Waals surface area contributed by atoms with E-state index in [1.807, 2.05) is 42.0 Å². The molecule has 0 unspecified atom stereocenters. The molecule has 0 bridgehead atoms.